The summed E-state index contributed by atoms with van der Waals surface area (Å²) in [5.74, 6) is -2.06. The van der Waals surface area contributed by atoms with Gasteiger partial charge in [0.2, 0.25) is 0 Å². The van der Waals surface area contributed by atoms with Crippen LogP contribution >= 0.6 is 11.6 Å². The summed E-state index contributed by atoms with van der Waals surface area (Å²) >= 11 is 5.89. The number of hydrogen-bond acceptors (Lipinski definition) is 3. The van der Waals surface area contributed by atoms with Crippen molar-refractivity contribution in [1.82, 2.24) is 9.88 Å². The molecule has 6 nitrogen and oxygen atoms in total. The van der Waals surface area contributed by atoms with Gasteiger partial charge in [-0.25, -0.2) is 4.79 Å². The summed E-state index contributed by atoms with van der Waals surface area (Å²) in [7, 11) is 1.46. The number of rotatable bonds is 4. The quantitative estimate of drug-likeness (QED) is 0.646. The molecule has 2 bridgehead atoms. The van der Waals surface area contributed by atoms with Crippen LogP contribution in [0, 0.1) is 5.92 Å². The third kappa shape index (κ3) is 1.75. The number of nitrogens with one attached hydrogen (secondary N) is 1. The van der Waals surface area contributed by atoms with Gasteiger partial charge < -0.3 is 15.0 Å². The molecule has 0 saturated heterocycles. The van der Waals surface area contributed by atoms with Crippen molar-refractivity contribution in [2.75, 3.05) is 0 Å². The van der Waals surface area contributed by atoms with Gasteiger partial charge in [0.05, 0.1) is 10.6 Å². The number of aryl methyl sites for hydroxylation is 1. The summed E-state index contributed by atoms with van der Waals surface area (Å²) in [5.41, 5.74) is -0.474. The van der Waals surface area contributed by atoms with Gasteiger partial charge in [-0.05, 0) is 25.2 Å². The lowest BCUT2D eigenvalue weighted by Crippen LogP contribution is -2.68. The molecule has 3 aliphatic rings. The fourth-order valence-electron chi connectivity index (χ4n) is 3.05. The molecule has 0 radical (unpaired) electrons. The third-order valence-electron chi connectivity index (χ3n) is 4.19. The molecule has 7 heteroatoms. The number of Topliss-reactive ketones (excluding diaryl/α,β-unsaturated/α-hetero) is 1. The van der Waals surface area contributed by atoms with Crippen LogP contribution in [0.2, 0.25) is 5.02 Å². The van der Waals surface area contributed by atoms with Gasteiger partial charge in [-0.1, -0.05) is 11.6 Å². The zero-order chi connectivity index (χ0) is 14.7. The van der Waals surface area contributed by atoms with Gasteiger partial charge in [-0.2, -0.15) is 0 Å². The first kappa shape index (κ1) is 13.2. The predicted octanol–water partition coefficient (Wildman–Crippen LogP) is 1.23. The normalized spacial score (nSPS) is 26.4. The molecule has 3 saturated carbocycles. The van der Waals surface area contributed by atoms with Gasteiger partial charge in [-0.15, -0.1) is 0 Å². The van der Waals surface area contributed by atoms with Gasteiger partial charge in [0, 0.05) is 18.8 Å². The van der Waals surface area contributed by atoms with E-state index in [2.05, 4.69) is 5.32 Å². The van der Waals surface area contributed by atoms with Crippen LogP contribution in [-0.4, -0.2) is 32.9 Å². The molecule has 20 heavy (non-hydrogen) atoms. The number of carboxylic acids is 1. The molecule has 2 N–H and O–H groups in total. The molecule has 0 spiro atoms. The van der Waals surface area contributed by atoms with Crippen LogP contribution in [0.4, 0.5) is 0 Å². The Morgan fingerprint density at radius 1 is 1.40 bits per heavy atom. The zero-order valence-corrected chi connectivity index (χ0v) is 11.5. The maximum atomic E-state index is 12.1. The van der Waals surface area contributed by atoms with E-state index in [1.54, 1.807) is 0 Å². The van der Waals surface area contributed by atoms with Crippen LogP contribution in [0.3, 0.4) is 0 Å². The van der Waals surface area contributed by atoms with Gasteiger partial charge in [0.1, 0.15) is 5.69 Å². The molecule has 1 aromatic rings. The first-order valence-electron chi connectivity index (χ1n) is 6.28. The molecule has 3 aliphatic carbocycles. The summed E-state index contributed by atoms with van der Waals surface area (Å²) in [6, 6.07) is 0. The van der Waals surface area contributed by atoms with E-state index in [1.165, 1.54) is 17.8 Å². The fourth-order valence-corrected chi connectivity index (χ4v) is 3.40. The van der Waals surface area contributed by atoms with Crippen LogP contribution in [0.1, 0.15) is 40.1 Å². The highest BCUT2D eigenvalue weighted by molar-refractivity contribution is 6.48. The van der Waals surface area contributed by atoms with Crippen LogP contribution in [0.15, 0.2) is 6.20 Å². The second-order valence-electron chi connectivity index (χ2n) is 5.66. The summed E-state index contributed by atoms with van der Waals surface area (Å²) in [4.78, 5) is 35.1. The van der Waals surface area contributed by atoms with Crippen molar-refractivity contribution in [3.8, 4) is 0 Å². The minimum absolute atomic E-state index is 0.0735. The number of aromatic carboxylic acids is 1. The Morgan fingerprint density at radius 2 is 2.00 bits per heavy atom. The van der Waals surface area contributed by atoms with Crippen molar-refractivity contribution in [2.24, 2.45) is 13.0 Å². The molecule has 0 aliphatic heterocycles. The van der Waals surface area contributed by atoms with E-state index < -0.39 is 17.7 Å². The molecule has 1 aromatic heterocycles. The Balaban J connectivity index is 1.81. The summed E-state index contributed by atoms with van der Waals surface area (Å²) in [6.07, 6.45) is 4.05. The van der Waals surface area contributed by atoms with Crippen molar-refractivity contribution in [1.29, 1.82) is 0 Å². The van der Waals surface area contributed by atoms with Crippen LogP contribution in [0.25, 0.3) is 0 Å². The monoisotopic (exact) mass is 296 g/mol. The minimum Gasteiger partial charge on any atom is -0.477 e. The van der Waals surface area contributed by atoms with Gasteiger partial charge in [0.15, 0.2) is 0 Å². The number of halogens is 1. The minimum atomic E-state index is -1.24. The van der Waals surface area contributed by atoms with E-state index in [0.717, 1.165) is 19.3 Å². The smallest absolute Gasteiger partial charge is 0.354 e. The number of carboxylic acid groups (broad SMARTS) is 1. The second kappa shape index (κ2) is 4.09. The lowest BCUT2D eigenvalue weighted by molar-refractivity contribution is -0.128. The number of ketones is 1. The van der Waals surface area contributed by atoms with Crippen molar-refractivity contribution in [3.05, 3.63) is 22.5 Å². The largest absolute Gasteiger partial charge is 0.477 e. The van der Waals surface area contributed by atoms with E-state index in [4.69, 9.17) is 16.7 Å². The summed E-state index contributed by atoms with van der Waals surface area (Å²) in [5, 5.41) is 11.5. The van der Waals surface area contributed by atoms with Gasteiger partial charge >= 0.3 is 5.97 Å². The van der Waals surface area contributed by atoms with Crippen molar-refractivity contribution < 1.29 is 19.5 Å². The molecule has 1 amide bonds. The number of nitrogens with zero attached hydrogens (tertiary/aromatic N) is 1. The zero-order valence-electron chi connectivity index (χ0n) is 10.8. The average molecular weight is 297 g/mol. The van der Waals surface area contributed by atoms with Crippen molar-refractivity contribution in [3.63, 3.8) is 0 Å². The predicted molar refractivity (Wildman–Crippen MR) is 69.9 cm³/mol. The van der Waals surface area contributed by atoms with Gasteiger partial charge in [-0.3, -0.25) is 9.59 Å². The third-order valence-corrected chi connectivity index (χ3v) is 4.57. The standard InChI is InChI=1S/C13H13ClN2O4/c1-16-5-7(8(14)9(16)12(19)20)10(17)11(18)15-13-2-6(3-13)4-13/h5-6H,2-4H2,1H3,(H,15,18)(H,19,20). The first-order valence-corrected chi connectivity index (χ1v) is 6.66. The second-order valence-corrected chi connectivity index (χ2v) is 6.04. The molecule has 106 valence electrons. The van der Waals surface area contributed by atoms with E-state index in [9.17, 15) is 14.4 Å². The highest BCUT2D eigenvalue weighted by Crippen LogP contribution is 2.56. The lowest BCUT2D eigenvalue weighted by Gasteiger charge is -2.61. The molecule has 0 atom stereocenters. The summed E-state index contributed by atoms with van der Waals surface area (Å²) in [6.45, 7) is 0. The number of carbonyl (C=O) groups is 3. The average Bonchev–Trinajstić information content (AvgIpc) is 2.56. The molecule has 0 aromatic carbocycles. The van der Waals surface area contributed by atoms with Crippen molar-refractivity contribution in [2.45, 2.75) is 24.8 Å². The van der Waals surface area contributed by atoms with E-state index in [-0.39, 0.29) is 21.8 Å². The number of aromatic nitrogens is 1. The SMILES string of the molecule is Cn1cc(C(=O)C(=O)NC23CC(C2)C3)c(Cl)c1C(=O)O. The van der Waals surface area contributed by atoms with Crippen LogP contribution < -0.4 is 5.32 Å². The Hall–Kier alpha value is -1.82. The Morgan fingerprint density at radius 3 is 2.40 bits per heavy atom. The van der Waals surface area contributed by atoms with E-state index in [1.807, 2.05) is 0 Å². The molecular weight excluding hydrogens is 284 g/mol. The first-order chi connectivity index (χ1) is 9.33. The van der Waals surface area contributed by atoms with Gasteiger partial charge in [0.25, 0.3) is 11.7 Å². The van der Waals surface area contributed by atoms with E-state index >= 15 is 0 Å². The van der Waals surface area contributed by atoms with Crippen LogP contribution in [0.5, 0.6) is 0 Å². The Kier molecular flexibility index (Phi) is 2.69. The molecule has 4 rings (SSSR count). The lowest BCUT2D eigenvalue weighted by atomic mass is 9.50. The molecule has 1 heterocycles. The van der Waals surface area contributed by atoms with E-state index in [0.29, 0.717) is 5.92 Å². The molecule has 0 unspecified atom stereocenters. The topological polar surface area (TPSA) is 88.4 Å². The number of amides is 1. The number of hydrogen-bond donors (Lipinski definition) is 2. The highest BCUT2D eigenvalue weighted by atomic mass is 35.5. The Labute approximate surface area is 119 Å². The fraction of sp³-hybridized carbons (Fsp3) is 0.462. The molecule has 3 fully saturated rings. The van der Waals surface area contributed by atoms with Crippen LogP contribution in [-0.2, 0) is 11.8 Å². The molecular formula is C13H13ClN2O4. The Bertz CT molecular complexity index is 632. The summed E-state index contributed by atoms with van der Waals surface area (Å²) < 4.78 is 1.23. The maximum Gasteiger partial charge on any atom is 0.354 e. The highest BCUT2D eigenvalue weighted by Gasteiger charge is 2.57. The maximum absolute atomic E-state index is 12.1. The number of carbonyl (C=O) groups excluding carboxylic acids is 2. The van der Waals surface area contributed by atoms with Crippen molar-refractivity contribution >= 4 is 29.3 Å².